The largest absolute Gasteiger partial charge is 0.457 e. The molecule has 0 aromatic heterocycles. The minimum absolute atomic E-state index is 0.349. The quantitative estimate of drug-likeness (QED) is 0.429. The van der Waals surface area contributed by atoms with Gasteiger partial charge in [-0.3, -0.25) is 9.10 Å². The summed E-state index contributed by atoms with van der Waals surface area (Å²) in [5, 5.41) is 4.06. The van der Waals surface area contributed by atoms with E-state index in [1.807, 2.05) is 60.7 Å². The molecule has 31 heavy (non-hydrogen) atoms. The van der Waals surface area contributed by atoms with Crippen LogP contribution in [0.4, 0.5) is 5.69 Å². The summed E-state index contributed by atoms with van der Waals surface area (Å²) in [6.45, 7) is 1.36. The third-order valence-electron chi connectivity index (χ3n) is 4.33. The molecule has 0 radical (unpaired) electrons. The van der Waals surface area contributed by atoms with Crippen molar-refractivity contribution in [3.8, 4) is 11.5 Å². The molecular formula is C23H23N3O4S. The number of carbonyl (C=O) groups is 1. The van der Waals surface area contributed by atoms with Gasteiger partial charge in [0, 0.05) is 0 Å². The highest BCUT2D eigenvalue weighted by Gasteiger charge is 2.21. The predicted octanol–water partition coefficient (Wildman–Crippen LogP) is 3.79. The second kappa shape index (κ2) is 9.90. The Morgan fingerprint density at radius 3 is 2.03 bits per heavy atom. The minimum Gasteiger partial charge on any atom is -0.457 e. The second-order valence-electron chi connectivity index (χ2n) is 6.78. The summed E-state index contributed by atoms with van der Waals surface area (Å²) in [5.41, 5.74) is 4.24. The average Bonchev–Trinajstić information content (AvgIpc) is 2.77. The summed E-state index contributed by atoms with van der Waals surface area (Å²) in [6.07, 6.45) is 1.05. The third kappa shape index (κ3) is 6.42. The van der Waals surface area contributed by atoms with E-state index in [4.69, 9.17) is 4.74 Å². The Labute approximate surface area is 182 Å². The fraction of sp³-hybridized carbons (Fsp3) is 0.130. The van der Waals surface area contributed by atoms with Crippen LogP contribution in [0, 0.1) is 0 Å². The van der Waals surface area contributed by atoms with Crippen molar-refractivity contribution in [3.63, 3.8) is 0 Å². The number of nitrogens with one attached hydrogen (secondary N) is 1. The number of ether oxygens (including phenoxy) is 1. The maximum absolute atomic E-state index is 12.4. The molecule has 0 unspecified atom stereocenters. The molecule has 160 valence electrons. The Balaban J connectivity index is 1.70. The number of amides is 1. The molecule has 0 aliphatic heterocycles. The number of hydrazone groups is 1. The summed E-state index contributed by atoms with van der Waals surface area (Å²) < 4.78 is 31.3. The minimum atomic E-state index is -3.69. The van der Waals surface area contributed by atoms with E-state index in [9.17, 15) is 13.2 Å². The van der Waals surface area contributed by atoms with Crippen molar-refractivity contribution in [3.05, 3.63) is 90.5 Å². The van der Waals surface area contributed by atoms with Crippen molar-refractivity contribution in [1.29, 1.82) is 0 Å². The first-order valence-electron chi connectivity index (χ1n) is 9.52. The van der Waals surface area contributed by atoms with E-state index in [1.54, 1.807) is 31.2 Å². The van der Waals surface area contributed by atoms with Gasteiger partial charge in [-0.2, -0.15) is 5.10 Å². The maximum atomic E-state index is 12.4. The summed E-state index contributed by atoms with van der Waals surface area (Å²) in [4.78, 5) is 12.4. The Morgan fingerprint density at radius 2 is 1.45 bits per heavy atom. The number of para-hydroxylation sites is 1. The van der Waals surface area contributed by atoms with Gasteiger partial charge in [-0.15, -0.1) is 0 Å². The first kappa shape index (κ1) is 22.0. The Morgan fingerprint density at radius 1 is 0.903 bits per heavy atom. The standard InChI is InChI=1S/C23H23N3O4S/c1-18(19-9-5-3-6-10-19)24-25-23(27)17-26(31(2,28)29)20-13-15-22(16-14-20)30-21-11-7-4-8-12-21/h3-16H,17H2,1-2H3,(H,25,27)/b24-18-. The van der Waals surface area contributed by atoms with Crippen molar-refractivity contribution < 1.29 is 17.9 Å². The maximum Gasteiger partial charge on any atom is 0.260 e. The van der Waals surface area contributed by atoms with E-state index in [2.05, 4.69) is 10.5 Å². The zero-order chi connectivity index (χ0) is 22.3. The lowest BCUT2D eigenvalue weighted by molar-refractivity contribution is -0.119. The average molecular weight is 438 g/mol. The van der Waals surface area contributed by atoms with Gasteiger partial charge < -0.3 is 4.74 Å². The van der Waals surface area contributed by atoms with E-state index in [-0.39, 0.29) is 0 Å². The molecule has 1 N–H and O–H groups in total. The zero-order valence-corrected chi connectivity index (χ0v) is 18.0. The van der Waals surface area contributed by atoms with Gasteiger partial charge in [-0.1, -0.05) is 48.5 Å². The van der Waals surface area contributed by atoms with Gasteiger partial charge in [-0.25, -0.2) is 13.8 Å². The van der Waals surface area contributed by atoms with Crippen molar-refractivity contribution in [2.75, 3.05) is 17.1 Å². The van der Waals surface area contributed by atoms with Gasteiger partial charge in [0.05, 0.1) is 17.7 Å². The SMILES string of the molecule is C/C(=N/NC(=O)CN(c1ccc(Oc2ccccc2)cc1)S(C)(=O)=O)c1ccccc1. The van der Waals surface area contributed by atoms with Gasteiger partial charge >= 0.3 is 0 Å². The van der Waals surface area contributed by atoms with Crippen molar-refractivity contribution in [1.82, 2.24) is 5.43 Å². The van der Waals surface area contributed by atoms with Crippen LogP contribution in [0.1, 0.15) is 12.5 Å². The molecule has 3 aromatic rings. The fourth-order valence-corrected chi connectivity index (χ4v) is 3.62. The van der Waals surface area contributed by atoms with Crippen LogP contribution in [0.3, 0.4) is 0 Å². The molecule has 3 aromatic carbocycles. The fourth-order valence-electron chi connectivity index (χ4n) is 2.76. The number of hydrogen-bond donors (Lipinski definition) is 1. The predicted molar refractivity (Wildman–Crippen MR) is 122 cm³/mol. The number of hydrogen-bond acceptors (Lipinski definition) is 5. The van der Waals surface area contributed by atoms with Gasteiger partial charge in [-0.05, 0) is 48.9 Å². The highest BCUT2D eigenvalue weighted by atomic mass is 32.2. The van der Waals surface area contributed by atoms with Gasteiger partial charge in [0.2, 0.25) is 10.0 Å². The van der Waals surface area contributed by atoms with E-state index in [0.717, 1.165) is 16.1 Å². The van der Waals surface area contributed by atoms with Crippen LogP contribution in [-0.2, 0) is 14.8 Å². The molecule has 0 bridgehead atoms. The molecule has 0 aliphatic rings. The topological polar surface area (TPSA) is 88.1 Å². The first-order valence-corrected chi connectivity index (χ1v) is 11.4. The lowest BCUT2D eigenvalue weighted by Crippen LogP contribution is -2.39. The molecule has 0 fully saturated rings. The van der Waals surface area contributed by atoms with E-state index in [1.165, 1.54) is 0 Å². The summed E-state index contributed by atoms with van der Waals surface area (Å²) in [6, 6.07) is 25.1. The monoisotopic (exact) mass is 437 g/mol. The van der Waals surface area contributed by atoms with Crippen LogP contribution in [0.25, 0.3) is 0 Å². The molecule has 0 saturated carbocycles. The Bertz CT molecular complexity index is 1150. The lowest BCUT2D eigenvalue weighted by Gasteiger charge is -2.21. The van der Waals surface area contributed by atoms with Gasteiger partial charge in [0.15, 0.2) is 0 Å². The van der Waals surface area contributed by atoms with Crippen molar-refractivity contribution in [2.24, 2.45) is 5.10 Å². The molecule has 0 aliphatic carbocycles. The molecule has 0 heterocycles. The summed E-state index contributed by atoms with van der Waals surface area (Å²) in [5.74, 6) is 0.669. The Hall–Kier alpha value is -3.65. The molecular weight excluding hydrogens is 414 g/mol. The molecule has 0 spiro atoms. The van der Waals surface area contributed by atoms with E-state index >= 15 is 0 Å². The van der Waals surface area contributed by atoms with Gasteiger partial charge in [0.1, 0.15) is 18.0 Å². The number of nitrogens with zero attached hydrogens (tertiary/aromatic N) is 2. The molecule has 8 heteroatoms. The second-order valence-corrected chi connectivity index (χ2v) is 8.68. The number of sulfonamides is 1. The number of anilines is 1. The van der Waals surface area contributed by atoms with Crippen molar-refractivity contribution >= 4 is 27.3 Å². The number of rotatable bonds is 8. The molecule has 0 saturated heterocycles. The van der Waals surface area contributed by atoms with Crippen LogP contribution in [0.5, 0.6) is 11.5 Å². The van der Waals surface area contributed by atoms with Crippen LogP contribution >= 0.6 is 0 Å². The highest BCUT2D eigenvalue weighted by molar-refractivity contribution is 7.92. The van der Waals surface area contributed by atoms with E-state index in [0.29, 0.717) is 22.9 Å². The van der Waals surface area contributed by atoms with Crippen LogP contribution < -0.4 is 14.5 Å². The van der Waals surface area contributed by atoms with Crippen molar-refractivity contribution in [2.45, 2.75) is 6.92 Å². The third-order valence-corrected chi connectivity index (χ3v) is 5.47. The summed E-state index contributed by atoms with van der Waals surface area (Å²) >= 11 is 0. The number of carbonyl (C=O) groups excluding carboxylic acids is 1. The van der Waals surface area contributed by atoms with E-state index < -0.39 is 22.5 Å². The summed E-state index contributed by atoms with van der Waals surface area (Å²) in [7, 11) is -3.69. The van der Waals surface area contributed by atoms with Gasteiger partial charge in [0.25, 0.3) is 5.91 Å². The smallest absolute Gasteiger partial charge is 0.260 e. The lowest BCUT2D eigenvalue weighted by atomic mass is 10.1. The molecule has 1 amide bonds. The zero-order valence-electron chi connectivity index (χ0n) is 17.2. The van der Waals surface area contributed by atoms with Crippen LogP contribution in [0.2, 0.25) is 0 Å². The first-order chi connectivity index (χ1) is 14.8. The van der Waals surface area contributed by atoms with Crippen LogP contribution in [-0.4, -0.2) is 32.8 Å². The molecule has 3 rings (SSSR count). The van der Waals surface area contributed by atoms with Crippen LogP contribution in [0.15, 0.2) is 90.0 Å². The highest BCUT2D eigenvalue weighted by Crippen LogP contribution is 2.25. The Kier molecular flexibility index (Phi) is 7.04. The molecule has 0 atom stereocenters. The number of benzene rings is 3. The molecule has 7 nitrogen and oxygen atoms in total. The normalized spacial score (nSPS) is 11.6.